The van der Waals surface area contributed by atoms with Crippen LogP contribution in [0.3, 0.4) is 0 Å². The third-order valence-corrected chi connectivity index (χ3v) is 2.29. The van der Waals surface area contributed by atoms with E-state index < -0.39 is 0 Å². The van der Waals surface area contributed by atoms with Gasteiger partial charge in [-0.05, 0) is 19.8 Å². The Hall–Kier alpha value is -1.43. The van der Waals surface area contributed by atoms with Crippen LogP contribution >= 0.6 is 0 Å². The lowest BCUT2D eigenvalue weighted by Gasteiger charge is -2.13. The Morgan fingerprint density at radius 2 is 1.94 bits per heavy atom. The van der Waals surface area contributed by atoms with E-state index in [4.69, 9.17) is 10.5 Å². The molecule has 0 radical (unpaired) electrons. The normalized spacial score (nSPS) is 12.7. The number of nitrogens with one attached hydrogen (secondary N) is 1. The second kappa shape index (κ2) is 7.10. The van der Waals surface area contributed by atoms with Gasteiger partial charge < -0.3 is 15.8 Å². The van der Waals surface area contributed by atoms with Crippen molar-refractivity contribution in [3.05, 3.63) is 5.82 Å². The van der Waals surface area contributed by atoms with Crippen LogP contribution in [0.25, 0.3) is 0 Å². The number of hydrogen-bond donors (Lipinski definition) is 2. The van der Waals surface area contributed by atoms with E-state index in [0.717, 1.165) is 12.2 Å². The lowest BCUT2D eigenvalue weighted by Crippen LogP contribution is -2.21. The number of anilines is 2. The molecule has 0 amide bonds. The molecule has 102 valence electrons. The van der Waals surface area contributed by atoms with Gasteiger partial charge in [-0.2, -0.15) is 15.0 Å². The smallest absolute Gasteiger partial charge is 0.227 e. The zero-order chi connectivity index (χ0) is 13.5. The molecule has 6 heteroatoms. The SMILES string of the molecule is CCOC(C)CNc1nc(N)nc(CC(C)C)n1. The molecule has 0 fully saturated rings. The summed E-state index contributed by atoms with van der Waals surface area (Å²) in [5.74, 6) is 1.99. The quantitative estimate of drug-likeness (QED) is 0.765. The number of rotatable bonds is 7. The number of nitrogen functional groups attached to an aromatic ring is 1. The average Bonchev–Trinajstić information content (AvgIpc) is 2.25. The van der Waals surface area contributed by atoms with Crippen molar-refractivity contribution in [1.29, 1.82) is 0 Å². The molecule has 0 saturated carbocycles. The summed E-state index contributed by atoms with van der Waals surface area (Å²) in [6, 6.07) is 0. The van der Waals surface area contributed by atoms with E-state index in [1.165, 1.54) is 0 Å². The van der Waals surface area contributed by atoms with Crippen molar-refractivity contribution < 1.29 is 4.74 Å². The summed E-state index contributed by atoms with van der Waals surface area (Å²) in [5.41, 5.74) is 5.67. The molecule has 0 saturated heterocycles. The van der Waals surface area contributed by atoms with E-state index in [1.54, 1.807) is 0 Å². The standard InChI is InChI=1S/C12H23N5O/c1-5-18-9(4)7-14-12-16-10(6-8(2)3)15-11(13)17-12/h8-9H,5-7H2,1-4H3,(H3,13,14,15,16,17). The van der Waals surface area contributed by atoms with E-state index in [0.29, 0.717) is 25.0 Å². The van der Waals surface area contributed by atoms with Crippen LogP contribution in [0.4, 0.5) is 11.9 Å². The van der Waals surface area contributed by atoms with Gasteiger partial charge in [0, 0.05) is 19.6 Å². The molecule has 6 nitrogen and oxygen atoms in total. The van der Waals surface area contributed by atoms with Crippen molar-refractivity contribution in [1.82, 2.24) is 15.0 Å². The second-order valence-corrected chi connectivity index (χ2v) is 4.68. The molecule has 0 aliphatic heterocycles. The van der Waals surface area contributed by atoms with Crippen LogP contribution < -0.4 is 11.1 Å². The van der Waals surface area contributed by atoms with E-state index in [1.807, 2.05) is 13.8 Å². The first-order valence-corrected chi connectivity index (χ1v) is 6.37. The van der Waals surface area contributed by atoms with Crippen molar-refractivity contribution in [2.75, 3.05) is 24.2 Å². The van der Waals surface area contributed by atoms with Gasteiger partial charge in [0.25, 0.3) is 0 Å². The molecule has 18 heavy (non-hydrogen) atoms. The highest BCUT2D eigenvalue weighted by atomic mass is 16.5. The number of aromatic nitrogens is 3. The van der Waals surface area contributed by atoms with Crippen molar-refractivity contribution in [2.24, 2.45) is 5.92 Å². The van der Waals surface area contributed by atoms with E-state index in [9.17, 15) is 0 Å². The Labute approximate surface area is 108 Å². The summed E-state index contributed by atoms with van der Waals surface area (Å²) in [6.07, 6.45) is 0.907. The Morgan fingerprint density at radius 1 is 1.22 bits per heavy atom. The van der Waals surface area contributed by atoms with Crippen LogP contribution in [0.15, 0.2) is 0 Å². The molecule has 1 aromatic rings. The molecule has 3 N–H and O–H groups in total. The van der Waals surface area contributed by atoms with Gasteiger partial charge in [-0.25, -0.2) is 0 Å². The second-order valence-electron chi connectivity index (χ2n) is 4.68. The average molecular weight is 253 g/mol. The first kappa shape index (κ1) is 14.6. The lowest BCUT2D eigenvalue weighted by molar-refractivity contribution is 0.0854. The molecule has 0 aromatic carbocycles. The third-order valence-electron chi connectivity index (χ3n) is 2.29. The van der Waals surface area contributed by atoms with Crippen LogP contribution in [0.1, 0.15) is 33.5 Å². The molecule has 0 spiro atoms. The molecule has 1 heterocycles. The Balaban J connectivity index is 2.62. The maximum absolute atomic E-state index is 5.67. The number of hydrogen-bond acceptors (Lipinski definition) is 6. The summed E-state index contributed by atoms with van der Waals surface area (Å²) >= 11 is 0. The summed E-state index contributed by atoms with van der Waals surface area (Å²) in [7, 11) is 0. The van der Waals surface area contributed by atoms with Gasteiger partial charge >= 0.3 is 0 Å². The molecule has 0 bridgehead atoms. The van der Waals surface area contributed by atoms with Crippen molar-refractivity contribution in [3.63, 3.8) is 0 Å². The van der Waals surface area contributed by atoms with Crippen LogP contribution in [0, 0.1) is 5.92 Å². The molecular formula is C12H23N5O. The van der Waals surface area contributed by atoms with Gasteiger partial charge in [0.05, 0.1) is 6.10 Å². The van der Waals surface area contributed by atoms with Gasteiger partial charge in [-0.3, -0.25) is 0 Å². The Morgan fingerprint density at radius 3 is 2.56 bits per heavy atom. The monoisotopic (exact) mass is 253 g/mol. The van der Waals surface area contributed by atoms with Crippen LogP contribution in [-0.2, 0) is 11.2 Å². The van der Waals surface area contributed by atoms with Gasteiger partial charge in [0.15, 0.2) is 0 Å². The van der Waals surface area contributed by atoms with E-state index in [2.05, 4.69) is 34.1 Å². The number of nitrogens with two attached hydrogens (primary N) is 1. The first-order valence-electron chi connectivity index (χ1n) is 6.37. The van der Waals surface area contributed by atoms with Gasteiger partial charge in [-0.15, -0.1) is 0 Å². The molecule has 1 aromatic heterocycles. The maximum Gasteiger partial charge on any atom is 0.227 e. The fourth-order valence-electron chi connectivity index (χ4n) is 1.55. The van der Waals surface area contributed by atoms with Gasteiger partial charge in [-0.1, -0.05) is 13.8 Å². The predicted molar refractivity (Wildman–Crippen MR) is 72.4 cm³/mol. The fourth-order valence-corrected chi connectivity index (χ4v) is 1.55. The molecular weight excluding hydrogens is 230 g/mol. The van der Waals surface area contributed by atoms with Crippen LogP contribution in [-0.4, -0.2) is 34.2 Å². The van der Waals surface area contributed by atoms with Crippen LogP contribution in [0.2, 0.25) is 0 Å². The fraction of sp³-hybridized carbons (Fsp3) is 0.750. The van der Waals surface area contributed by atoms with E-state index in [-0.39, 0.29) is 12.1 Å². The predicted octanol–water partition coefficient (Wildman–Crippen LogP) is 1.49. The summed E-state index contributed by atoms with van der Waals surface area (Å²) < 4.78 is 5.42. The third kappa shape index (κ3) is 5.27. The zero-order valence-electron chi connectivity index (χ0n) is 11.6. The minimum absolute atomic E-state index is 0.113. The number of nitrogens with zero attached hydrogens (tertiary/aromatic N) is 3. The molecule has 0 aliphatic rings. The topological polar surface area (TPSA) is 86.0 Å². The summed E-state index contributed by atoms with van der Waals surface area (Å²) in [6.45, 7) is 9.54. The highest BCUT2D eigenvalue weighted by molar-refractivity contribution is 5.31. The molecule has 1 unspecified atom stereocenters. The zero-order valence-corrected chi connectivity index (χ0v) is 11.6. The minimum atomic E-state index is 0.113. The lowest BCUT2D eigenvalue weighted by atomic mass is 10.1. The van der Waals surface area contributed by atoms with Crippen LogP contribution in [0.5, 0.6) is 0 Å². The van der Waals surface area contributed by atoms with Crippen molar-refractivity contribution in [3.8, 4) is 0 Å². The molecule has 1 atom stereocenters. The molecule has 0 aliphatic carbocycles. The maximum atomic E-state index is 5.67. The Kier molecular flexibility index (Phi) is 5.77. The molecule has 1 rings (SSSR count). The van der Waals surface area contributed by atoms with Gasteiger partial charge in [0.2, 0.25) is 11.9 Å². The van der Waals surface area contributed by atoms with Crippen molar-refractivity contribution >= 4 is 11.9 Å². The first-order chi connectivity index (χ1) is 8.51. The minimum Gasteiger partial charge on any atom is -0.377 e. The Bertz CT molecular complexity index is 369. The van der Waals surface area contributed by atoms with Gasteiger partial charge in [0.1, 0.15) is 5.82 Å². The van der Waals surface area contributed by atoms with Crippen molar-refractivity contribution in [2.45, 2.75) is 40.2 Å². The number of ether oxygens (including phenoxy) is 1. The van der Waals surface area contributed by atoms with E-state index >= 15 is 0 Å². The highest BCUT2D eigenvalue weighted by Gasteiger charge is 2.07. The largest absolute Gasteiger partial charge is 0.377 e. The highest BCUT2D eigenvalue weighted by Crippen LogP contribution is 2.07. The summed E-state index contributed by atoms with van der Waals surface area (Å²) in [5, 5.41) is 3.12. The summed E-state index contributed by atoms with van der Waals surface area (Å²) in [4.78, 5) is 12.5.